The van der Waals surface area contributed by atoms with Gasteiger partial charge >= 0.3 is 0 Å². The van der Waals surface area contributed by atoms with E-state index < -0.39 is 0 Å². The van der Waals surface area contributed by atoms with Crippen LogP contribution in [0, 0.1) is 0 Å². The van der Waals surface area contributed by atoms with Gasteiger partial charge < -0.3 is 14.2 Å². The third kappa shape index (κ3) is 7.38. The Bertz CT molecular complexity index is 181. The van der Waals surface area contributed by atoms with Crippen LogP contribution in [0.15, 0.2) is 0 Å². The van der Waals surface area contributed by atoms with Crippen LogP contribution in [0.25, 0.3) is 0 Å². The van der Waals surface area contributed by atoms with Gasteiger partial charge in [-0.1, -0.05) is 33.9 Å². The van der Waals surface area contributed by atoms with Crippen molar-refractivity contribution in [2.45, 2.75) is 51.1 Å². The summed E-state index contributed by atoms with van der Waals surface area (Å²) in [5.74, 6) is 0. The van der Waals surface area contributed by atoms with E-state index in [0.717, 1.165) is 26.4 Å². The zero-order chi connectivity index (χ0) is 12.2. The zero-order valence-corrected chi connectivity index (χ0v) is 12.4. The Hall–Kier alpha value is 0.0969. The van der Waals surface area contributed by atoms with Crippen LogP contribution in [0.1, 0.15) is 20.8 Å². The topological polar surface area (TPSA) is 34.3 Å². The van der Waals surface area contributed by atoms with Crippen molar-refractivity contribution in [3.63, 3.8) is 0 Å². The van der Waals surface area contributed by atoms with Gasteiger partial charge in [0, 0.05) is 8.80 Å². The van der Waals surface area contributed by atoms with Crippen molar-refractivity contribution in [1.29, 1.82) is 0 Å². The monoisotopic (exact) mass is 246 g/mol. The Balaban J connectivity index is 0.000000168. The van der Waals surface area contributed by atoms with Crippen molar-refractivity contribution >= 4 is 8.80 Å². The Morgan fingerprint density at radius 3 is 1.56 bits per heavy atom. The molecular weight excluding hydrogens is 220 g/mol. The average Bonchev–Trinajstić information content (AvgIpc) is 2.97. The maximum Gasteiger partial charge on any atom is 0.104 e. The Kier molecular flexibility index (Phi) is 5.44. The molecule has 96 valence electrons. The zero-order valence-electron chi connectivity index (χ0n) is 11.3. The van der Waals surface area contributed by atoms with E-state index in [9.17, 15) is 0 Å². The molecule has 2 aliphatic rings. The van der Waals surface area contributed by atoms with Gasteiger partial charge in [-0.05, 0) is 5.04 Å². The molecule has 2 saturated heterocycles. The maximum absolute atomic E-state index is 5.23. The van der Waals surface area contributed by atoms with Gasteiger partial charge in [-0.2, -0.15) is 0 Å². The molecule has 0 N–H and O–H groups in total. The van der Waals surface area contributed by atoms with Crippen molar-refractivity contribution in [1.82, 2.24) is 0 Å². The second kappa shape index (κ2) is 6.14. The summed E-state index contributed by atoms with van der Waals surface area (Å²) in [6, 6.07) is 0. The van der Waals surface area contributed by atoms with E-state index in [-0.39, 0.29) is 8.80 Å². The number of rotatable bonds is 4. The highest BCUT2D eigenvalue weighted by molar-refractivity contribution is 6.59. The molecule has 2 fully saturated rings. The SMILES string of the molecule is C(OCC1CO1)C1CO1.C[SiH](C)C(C)(C)C. The molecule has 2 unspecified atom stereocenters. The standard InChI is InChI=1S/C6H10O3.C6H16Si/c1(5-3-8-5)7-2-6-4-9-6;1-6(2,3)7(4)5/h5-6H,1-4H2;7H,1-5H3. The van der Waals surface area contributed by atoms with Crippen LogP contribution in [0.2, 0.25) is 18.1 Å². The van der Waals surface area contributed by atoms with Crippen molar-refractivity contribution in [3.05, 3.63) is 0 Å². The van der Waals surface area contributed by atoms with E-state index in [1.807, 2.05) is 0 Å². The number of hydrogen-bond acceptors (Lipinski definition) is 3. The molecule has 16 heavy (non-hydrogen) atoms. The molecule has 0 aromatic carbocycles. The second-order valence-corrected chi connectivity index (χ2v) is 10.0. The molecule has 2 atom stereocenters. The van der Waals surface area contributed by atoms with Crippen molar-refractivity contribution in [3.8, 4) is 0 Å². The van der Waals surface area contributed by atoms with E-state index in [1.54, 1.807) is 0 Å². The molecule has 0 aromatic rings. The van der Waals surface area contributed by atoms with Gasteiger partial charge in [-0.25, -0.2) is 0 Å². The summed E-state index contributed by atoms with van der Waals surface area (Å²) in [6.07, 6.45) is 0.785. The Morgan fingerprint density at radius 1 is 1.06 bits per heavy atom. The molecule has 2 aliphatic heterocycles. The fourth-order valence-electron chi connectivity index (χ4n) is 0.659. The minimum Gasteiger partial charge on any atom is -0.376 e. The molecule has 2 rings (SSSR count). The fourth-order valence-corrected chi connectivity index (χ4v) is 0.659. The first-order valence-electron chi connectivity index (χ1n) is 6.20. The van der Waals surface area contributed by atoms with E-state index in [4.69, 9.17) is 14.2 Å². The first-order valence-corrected chi connectivity index (χ1v) is 9.09. The lowest BCUT2D eigenvalue weighted by Gasteiger charge is -2.21. The summed E-state index contributed by atoms with van der Waals surface area (Å²) in [6.45, 7) is 15.0. The average molecular weight is 246 g/mol. The summed E-state index contributed by atoms with van der Waals surface area (Å²) in [7, 11) is -0.359. The lowest BCUT2D eigenvalue weighted by Crippen LogP contribution is -2.16. The Morgan fingerprint density at radius 2 is 1.38 bits per heavy atom. The van der Waals surface area contributed by atoms with Gasteiger partial charge in [0.15, 0.2) is 0 Å². The molecule has 0 aromatic heterocycles. The van der Waals surface area contributed by atoms with Gasteiger partial charge in [0.2, 0.25) is 0 Å². The van der Waals surface area contributed by atoms with Crippen LogP contribution < -0.4 is 0 Å². The molecule has 3 nitrogen and oxygen atoms in total. The molecule has 0 aliphatic carbocycles. The quantitative estimate of drug-likeness (QED) is 0.562. The molecule has 4 heteroatoms. The highest BCUT2D eigenvalue weighted by Crippen LogP contribution is 2.25. The van der Waals surface area contributed by atoms with Crippen LogP contribution >= 0.6 is 0 Å². The molecule has 0 saturated carbocycles. The molecule has 0 spiro atoms. The largest absolute Gasteiger partial charge is 0.376 e. The van der Waals surface area contributed by atoms with Crippen LogP contribution in [-0.2, 0) is 14.2 Å². The smallest absolute Gasteiger partial charge is 0.104 e. The normalized spacial score (nSPS) is 27.4. The predicted octanol–water partition coefficient (Wildman–Crippen LogP) is 2.07. The van der Waals surface area contributed by atoms with Crippen LogP contribution in [0.3, 0.4) is 0 Å². The number of epoxide rings is 2. The van der Waals surface area contributed by atoms with Crippen LogP contribution in [0.4, 0.5) is 0 Å². The first kappa shape index (κ1) is 14.2. The molecular formula is C12H26O3Si. The van der Waals surface area contributed by atoms with Gasteiger partial charge in [-0.3, -0.25) is 0 Å². The predicted molar refractivity (Wildman–Crippen MR) is 68.9 cm³/mol. The van der Waals surface area contributed by atoms with Gasteiger partial charge in [0.05, 0.1) is 26.4 Å². The third-order valence-electron chi connectivity index (χ3n) is 3.14. The lowest BCUT2D eigenvalue weighted by molar-refractivity contribution is 0.102. The highest BCUT2D eigenvalue weighted by Gasteiger charge is 2.26. The minimum atomic E-state index is -0.359. The summed E-state index contributed by atoms with van der Waals surface area (Å²) < 4.78 is 15.1. The van der Waals surface area contributed by atoms with E-state index >= 15 is 0 Å². The summed E-state index contributed by atoms with van der Waals surface area (Å²) in [5, 5.41) is 0.639. The van der Waals surface area contributed by atoms with Crippen LogP contribution in [0.5, 0.6) is 0 Å². The first-order chi connectivity index (χ1) is 7.39. The van der Waals surface area contributed by atoms with Gasteiger partial charge in [0.1, 0.15) is 12.2 Å². The van der Waals surface area contributed by atoms with Crippen molar-refractivity contribution in [2.24, 2.45) is 0 Å². The Labute approximate surface area is 101 Å². The molecule has 0 bridgehead atoms. The second-order valence-electron chi connectivity index (χ2n) is 5.97. The third-order valence-corrected chi connectivity index (χ3v) is 6.61. The highest BCUT2D eigenvalue weighted by atomic mass is 28.3. The van der Waals surface area contributed by atoms with Gasteiger partial charge in [-0.15, -0.1) is 0 Å². The van der Waals surface area contributed by atoms with Gasteiger partial charge in [0.25, 0.3) is 0 Å². The summed E-state index contributed by atoms with van der Waals surface area (Å²) in [4.78, 5) is 0. The van der Waals surface area contributed by atoms with E-state index in [2.05, 4.69) is 33.9 Å². The maximum atomic E-state index is 5.23. The number of ether oxygens (including phenoxy) is 3. The number of hydrogen-bond donors (Lipinski definition) is 0. The van der Waals surface area contributed by atoms with Crippen molar-refractivity contribution in [2.75, 3.05) is 26.4 Å². The van der Waals surface area contributed by atoms with E-state index in [1.165, 1.54) is 0 Å². The summed E-state index contributed by atoms with van der Waals surface area (Å²) in [5.41, 5.74) is 0. The molecule has 0 radical (unpaired) electrons. The minimum absolute atomic E-state index is 0.359. The fraction of sp³-hybridized carbons (Fsp3) is 1.00. The molecule has 2 heterocycles. The lowest BCUT2D eigenvalue weighted by atomic mass is 10.2. The van der Waals surface area contributed by atoms with Crippen LogP contribution in [-0.4, -0.2) is 47.4 Å². The van der Waals surface area contributed by atoms with Crippen molar-refractivity contribution < 1.29 is 14.2 Å². The van der Waals surface area contributed by atoms with E-state index in [0.29, 0.717) is 17.2 Å². The summed E-state index contributed by atoms with van der Waals surface area (Å²) >= 11 is 0. The molecule has 0 amide bonds.